The molecule has 3 aromatic rings. The molecule has 0 unspecified atom stereocenters. The number of thiazole rings is 1. The van der Waals surface area contributed by atoms with Gasteiger partial charge in [-0.1, -0.05) is 35.1 Å². The van der Waals surface area contributed by atoms with Crippen LogP contribution < -0.4 is 4.90 Å². The van der Waals surface area contributed by atoms with Crippen molar-refractivity contribution >= 4 is 22.4 Å². The zero-order chi connectivity index (χ0) is 16.4. The predicted octanol–water partition coefficient (Wildman–Crippen LogP) is 4.16. The van der Waals surface area contributed by atoms with Crippen LogP contribution in [0.15, 0.2) is 48.8 Å². The van der Waals surface area contributed by atoms with Gasteiger partial charge in [0.05, 0.1) is 10.6 Å². The van der Waals surface area contributed by atoms with E-state index < -0.39 is 0 Å². The molecular weight excluding hydrogens is 306 g/mol. The van der Waals surface area contributed by atoms with E-state index in [9.17, 15) is 4.79 Å². The van der Waals surface area contributed by atoms with Gasteiger partial charge in [-0.3, -0.25) is 14.7 Å². The summed E-state index contributed by atoms with van der Waals surface area (Å²) < 4.78 is 0. The Morgan fingerprint density at radius 2 is 1.87 bits per heavy atom. The van der Waals surface area contributed by atoms with Gasteiger partial charge in [-0.2, -0.15) is 0 Å². The summed E-state index contributed by atoms with van der Waals surface area (Å²) in [5.41, 5.74) is 4.18. The number of carbonyl (C=O) groups excluding carboxylic acids is 1. The number of hydrogen-bond acceptors (Lipinski definition) is 4. The summed E-state index contributed by atoms with van der Waals surface area (Å²) in [6.45, 7) is 3.60. The normalized spacial score (nSPS) is 10.6. The van der Waals surface area contributed by atoms with Crippen LogP contribution in [-0.2, 0) is 4.79 Å². The summed E-state index contributed by atoms with van der Waals surface area (Å²) in [5.74, 6) is -0.0316. The fraction of sp³-hybridized carbons (Fsp3) is 0.167. The maximum atomic E-state index is 11.7. The van der Waals surface area contributed by atoms with Crippen LogP contribution in [0, 0.1) is 6.92 Å². The second-order valence-corrected chi connectivity index (χ2v) is 6.34. The second kappa shape index (κ2) is 6.30. The van der Waals surface area contributed by atoms with E-state index in [0.717, 1.165) is 21.7 Å². The minimum Gasteiger partial charge on any atom is -0.291 e. The van der Waals surface area contributed by atoms with Crippen molar-refractivity contribution in [2.24, 2.45) is 0 Å². The Hall–Kier alpha value is -2.53. The van der Waals surface area contributed by atoms with Gasteiger partial charge in [0.2, 0.25) is 5.91 Å². The largest absolute Gasteiger partial charge is 0.291 e. The monoisotopic (exact) mass is 323 g/mol. The molecule has 0 fully saturated rings. The van der Waals surface area contributed by atoms with E-state index in [0.29, 0.717) is 5.13 Å². The zero-order valence-corrected chi connectivity index (χ0v) is 14.1. The number of anilines is 1. The average Bonchev–Trinajstić information content (AvgIpc) is 3.00. The second-order valence-electron chi connectivity index (χ2n) is 5.36. The first-order valence-electron chi connectivity index (χ1n) is 7.29. The van der Waals surface area contributed by atoms with Crippen LogP contribution in [0.2, 0.25) is 0 Å². The quantitative estimate of drug-likeness (QED) is 0.727. The van der Waals surface area contributed by atoms with Crippen LogP contribution in [0.5, 0.6) is 0 Å². The van der Waals surface area contributed by atoms with E-state index in [1.165, 1.54) is 16.9 Å². The number of benzene rings is 1. The van der Waals surface area contributed by atoms with Gasteiger partial charge in [0.15, 0.2) is 5.13 Å². The molecule has 0 saturated carbocycles. The van der Waals surface area contributed by atoms with Crippen molar-refractivity contribution in [1.29, 1.82) is 0 Å². The summed E-state index contributed by atoms with van der Waals surface area (Å²) in [6.07, 6.45) is 3.53. The van der Waals surface area contributed by atoms with Gasteiger partial charge in [-0.05, 0) is 30.7 Å². The Morgan fingerprint density at radius 1 is 1.13 bits per heavy atom. The molecule has 4 nitrogen and oxygen atoms in total. The van der Waals surface area contributed by atoms with Crippen molar-refractivity contribution in [3.8, 4) is 21.7 Å². The fourth-order valence-corrected chi connectivity index (χ4v) is 3.37. The summed E-state index contributed by atoms with van der Waals surface area (Å²) in [5, 5.41) is 0.695. The van der Waals surface area contributed by atoms with Crippen molar-refractivity contribution in [3.63, 3.8) is 0 Å². The van der Waals surface area contributed by atoms with Crippen LogP contribution >= 0.6 is 11.3 Å². The lowest BCUT2D eigenvalue weighted by Crippen LogP contribution is -2.22. The molecule has 0 bridgehead atoms. The number of pyridine rings is 1. The number of carbonyl (C=O) groups is 1. The lowest BCUT2D eigenvalue weighted by Gasteiger charge is -2.09. The first kappa shape index (κ1) is 15.4. The Labute approximate surface area is 139 Å². The number of aryl methyl sites for hydroxylation is 1. The van der Waals surface area contributed by atoms with Gasteiger partial charge in [0, 0.05) is 31.9 Å². The molecule has 0 spiro atoms. The Kier molecular flexibility index (Phi) is 4.21. The first-order chi connectivity index (χ1) is 11.1. The van der Waals surface area contributed by atoms with E-state index in [2.05, 4.69) is 24.0 Å². The Balaban J connectivity index is 2.18. The van der Waals surface area contributed by atoms with E-state index >= 15 is 0 Å². The summed E-state index contributed by atoms with van der Waals surface area (Å²) >= 11 is 1.52. The smallest absolute Gasteiger partial charge is 0.225 e. The molecule has 0 aliphatic carbocycles. The van der Waals surface area contributed by atoms with Gasteiger partial charge >= 0.3 is 0 Å². The van der Waals surface area contributed by atoms with Gasteiger partial charge < -0.3 is 0 Å². The summed E-state index contributed by atoms with van der Waals surface area (Å²) in [6, 6.07) is 12.2. The van der Waals surface area contributed by atoms with Crippen LogP contribution in [0.4, 0.5) is 5.13 Å². The van der Waals surface area contributed by atoms with Crippen LogP contribution in [0.1, 0.15) is 12.5 Å². The Bertz CT molecular complexity index is 842. The molecule has 23 heavy (non-hydrogen) atoms. The molecule has 2 heterocycles. The van der Waals surface area contributed by atoms with Crippen molar-refractivity contribution in [2.75, 3.05) is 11.9 Å². The van der Waals surface area contributed by atoms with E-state index in [-0.39, 0.29) is 5.91 Å². The average molecular weight is 323 g/mol. The van der Waals surface area contributed by atoms with Gasteiger partial charge in [-0.15, -0.1) is 0 Å². The standard InChI is InChI=1S/C18H17N3OS/c1-12-5-4-6-15(11-12)16-17(14-7-9-19-10-8-14)23-18(20-16)21(3)13(2)22/h4-11H,1-3H3. The third kappa shape index (κ3) is 3.14. The SMILES string of the molecule is CC(=O)N(C)c1nc(-c2cccc(C)c2)c(-c2ccncc2)s1. The van der Waals surface area contributed by atoms with E-state index in [4.69, 9.17) is 4.98 Å². The number of hydrogen-bond donors (Lipinski definition) is 0. The molecule has 0 aliphatic rings. The molecule has 0 radical (unpaired) electrons. The topological polar surface area (TPSA) is 46.1 Å². The minimum atomic E-state index is -0.0316. The highest BCUT2D eigenvalue weighted by molar-refractivity contribution is 7.19. The van der Waals surface area contributed by atoms with E-state index in [1.54, 1.807) is 31.3 Å². The molecule has 0 N–H and O–H groups in total. The van der Waals surface area contributed by atoms with E-state index in [1.807, 2.05) is 24.3 Å². The first-order valence-corrected chi connectivity index (χ1v) is 8.10. The van der Waals surface area contributed by atoms with Crippen molar-refractivity contribution in [1.82, 2.24) is 9.97 Å². The molecule has 116 valence electrons. The summed E-state index contributed by atoms with van der Waals surface area (Å²) in [7, 11) is 1.75. The lowest BCUT2D eigenvalue weighted by molar-refractivity contribution is -0.116. The molecule has 3 rings (SSSR count). The number of rotatable bonds is 3. The maximum Gasteiger partial charge on any atom is 0.225 e. The molecule has 1 amide bonds. The molecule has 0 aliphatic heterocycles. The number of amides is 1. The highest BCUT2D eigenvalue weighted by Crippen LogP contribution is 2.40. The summed E-state index contributed by atoms with van der Waals surface area (Å²) in [4.78, 5) is 23.1. The number of aromatic nitrogens is 2. The van der Waals surface area contributed by atoms with Crippen LogP contribution in [0.25, 0.3) is 21.7 Å². The molecule has 2 aromatic heterocycles. The van der Waals surface area contributed by atoms with Crippen molar-refractivity contribution < 1.29 is 4.79 Å². The molecule has 0 saturated heterocycles. The van der Waals surface area contributed by atoms with Crippen LogP contribution in [-0.4, -0.2) is 22.9 Å². The molecule has 0 atom stereocenters. The van der Waals surface area contributed by atoms with Crippen molar-refractivity contribution in [3.05, 3.63) is 54.4 Å². The molecule has 5 heteroatoms. The molecule has 1 aromatic carbocycles. The zero-order valence-electron chi connectivity index (χ0n) is 13.3. The van der Waals surface area contributed by atoms with Gasteiger partial charge in [0.25, 0.3) is 0 Å². The highest BCUT2D eigenvalue weighted by Gasteiger charge is 2.18. The third-order valence-corrected chi connectivity index (χ3v) is 4.79. The highest BCUT2D eigenvalue weighted by atomic mass is 32.1. The molecular formula is C18H17N3OS. The van der Waals surface area contributed by atoms with Gasteiger partial charge in [-0.25, -0.2) is 4.98 Å². The predicted molar refractivity (Wildman–Crippen MR) is 94.6 cm³/mol. The maximum absolute atomic E-state index is 11.7. The van der Waals surface area contributed by atoms with Crippen molar-refractivity contribution in [2.45, 2.75) is 13.8 Å². The number of nitrogens with zero attached hydrogens (tertiary/aromatic N) is 3. The minimum absolute atomic E-state index is 0.0316. The van der Waals surface area contributed by atoms with Gasteiger partial charge in [0.1, 0.15) is 0 Å². The lowest BCUT2D eigenvalue weighted by atomic mass is 10.1. The third-order valence-electron chi connectivity index (χ3n) is 3.61. The fourth-order valence-electron chi connectivity index (χ4n) is 2.27. The van der Waals surface area contributed by atoms with Crippen LogP contribution in [0.3, 0.4) is 0 Å². The Morgan fingerprint density at radius 3 is 2.52 bits per heavy atom.